The summed E-state index contributed by atoms with van der Waals surface area (Å²) in [5, 5.41) is 7.58. The van der Waals surface area contributed by atoms with Crippen molar-refractivity contribution in [3.8, 4) is 0 Å². The Morgan fingerprint density at radius 2 is 2.10 bits per heavy atom. The van der Waals surface area contributed by atoms with Crippen molar-refractivity contribution < 1.29 is 4.79 Å². The Labute approximate surface area is 175 Å². The van der Waals surface area contributed by atoms with Gasteiger partial charge < -0.3 is 14.4 Å². The number of nitrogens with zero attached hydrogens (tertiary/aromatic N) is 5. The summed E-state index contributed by atoms with van der Waals surface area (Å²) < 4.78 is 1.96. The molecule has 7 nitrogen and oxygen atoms in total. The SMILES string of the molecule is CSCCN(C)Cc1ccc2n(c1=O)C[C@H]1C[C@@H]2CN(C(=O)c2ccnnc2)C1. The van der Waals surface area contributed by atoms with Gasteiger partial charge in [0.1, 0.15) is 0 Å². The highest BCUT2D eigenvalue weighted by Crippen LogP contribution is 2.35. The highest BCUT2D eigenvalue weighted by molar-refractivity contribution is 7.98. The first-order chi connectivity index (χ1) is 14.1. The van der Waals surface area contributed by atoms with Gasteiger partial charge in [0.25, 0.3) is 11.5 Å². The molecule has 0 unspecified atom stereocenters. The van der Waals surface area contributed by atoms with Gasteiger partial charge in [-0.15, -0.1) is 0 Å². The molecule has 2 aliphatic rings. The fourth-order valence-electron chi connectivity index (χ4n) is 4.49. The van der Waals surface area contributed by atoms with Crippen LogP contribution >= 0.6 is 11.8 Å². The Kier molecular flexibility index (Phi) is 6.01. The normalized spacial score (nSPS) is 20.6. The fourth-order valence-corrected chi connectivity index (χ4v) is 4.99. The van der Waals surface area contributed by atoms with E-state index in [0.717, 1.165) is 30.0 Å². The number of hydrogen-bond donors (Lipinski definition) is 0. The van der Waals surface area contributed by atoms with Gasteiger partial charge in [-0.2, -0.15) is 22.0 Å². The monoisotopic (exact) mass is 413 g/mol. The molecule has 1 fully saturated rings. The number of thioether (sulfide) groups is 1. The minimum absolute atomic E-state index is 0.00237. The molecular weight excluding hydrogens is 386 g/mol. The summed E-state index contributed by atoms with van der Waals surface area (Å²) in [5.41, 5.74) is 2.62. The Morgan fingerprint density at radius 3 is 2.86 bits per heavy atom. The number of piperidine rings is 1. The van der Waals surface area contributed by atoms with E-state index in [-0.39, 0.29) is 17.4 Å². The summed E-state index contributed by atoms with van der Waals surface area (Å²) in [6, 6.07) is 5.79. The van der Waals surface area contributed by atoms with E-state index in [0.29, 0.717) is 37.7 Å². The Balaban J connectivity index is 1.53. The minimum atomic E-state index is -0.00237. The van der Waals surface area contributed by atoms with Crippen LogP contribution in [0.15, 0.2) is 35.4 Å². The van der Waals surface area contributed by atoms with E-state index < -0.39 is 0 Å². The van der Waals surface area contributed by atoms with E-state index in [1.54, 1.807) is 12.3 Å². The van der Waals surface area contributed by atoms with E-state index in [1.165, 1.54) is 6.20 Å². The third-order valence-corrected chi connectivity index (χ3v) is 6.51. The number of amides is 1. The van der Waals surface area contributed by atoms with Crippen molar-refractivity contribution in [3.05, 3.63) is 57.8 Å². The largest absolute Gasteiger partial charge is 0.338 e. The molecule has 4 heterocycles. The lowest BCUT2D eigenvalue weighted by Gasteiger charge is -2.43. The second kappa shape index (κ2) is 8.67. The molecule has 0 aromatic carbocycles. The molecule has 1 amide bonds. The van der Waals surface area contributed by atoms with Gasteiger partial charge in [0.15, 0.2) is 0 Å². The lowest BCUT2D eigenvalue weighted by Crippen LogP contribution is -2.49. The van der Waals surface area contributed by atoms with Crippen LogP contribution in [0.3, 0.4) is 0 Å². The first-order valence-electron chi connectivity index (χ1n) is 10.0. The van der Waals surface area contributed by atoms with Crippen LogP contribution in [-0.2, 0) is 13.1 Å². The third-order valence-electron chi connectivity index (χ3n) is 5.92. The average molecular weight is 414 g/mol. The number of likely N-dealkylation sites (tertiary alicyclic amines) is 1. The van der Waals surface area contributed by atoms with Crippen molar-refractivity contribution >= 4 is 17.7 Å². The molecule has 1 saturated heterocycles. The van der Waals surface area contributed by atoms with Crippen molar-refractivity contribution in [2.75, 3.05) is 38.7 Å². The number of aromatic nitrogens is 3. The van der Waals surface area contributed by atoms with Crippen LogP contribution in [0.1, 0.15) is 34.0 Å². The molecule has 0 aliphatic carbocycles. The van der Waals surface area contributed by atoms with Crippen LogP contribution in [0.2, 0.25) is 0 Å². The topological polar surface area (TPSA) is 71.3 Å². The van der Waals surface area contributed by atoms with Gasteiger partial charge in [-0.1, -0.05) is 6.07 Å². The predicted octanol–water partition coefficient (Wildman–Crippen LogP) is 1.69. The van der Waals surface area contributed by atoms with Crippen molar-refractivity contribution in [2.45, 2.75) is 25.4 Å². The summed E-state index contributed by atoms with van der Waals surface area (Å²) in [7, 11) is 2.06. The molecule has 0 N–H and O–H groups in total. The van der Waals surface area contributed by atoms with Crippen molar-refractivity contribution in [3.63, 3.8) is 0 Å². The van der Waals surface area contributed by atoms with Crippen LogP contribution in [-0.4, -0.2) is 69.2 Å². The Bertz CT molecular complexity index is 932. The van der Waals surface area contributed by atoms with Crippen LogP contribution in [0.25, 0.3) is 0 Å². The highest BCUT2D eigenvalue weighted by Gasteiger charge is 2.37. The molecule has 0 radical (unpaired) electrons. The first kappa shape index (κ1) is 20.1. The lowest BCUT2D eigenvalue weighted by molar-refractivity contribution is 0.0593. The van der Waals surface area contributed by atoms with Crippen molar-refractivity contribution in [1.82, 2.24) is 24.6 Å². The molecule has 2 aromatic rings. The summed E-state index contributed by atoms with van der Waals surface area (Å²) in [6.45, 7) is 3.65. The quantitative estimate of drug-likeness (QED) is 0.718. The zero-order valence-electron chi connectivity index (χ0n) is 17.0. The van der Waals surface area contributed by atoms with Gasteiger partial charge in [0.05, 0.1) is 18.0 Å². The number of hydrogen-bond acceptors (Lipinski definition) is 6. The van der Waals surface area contributed by atoms with Gasteiger partial charge >= 0.3 is 0 Å². The Hall–Kier alpha value is -2.19. The smallest absolute Gasteiger partial charge is 0.255 e. The van der Waals surface area contributed by atoms with Crippen molar-refractivity contribution in [1.29, 1.82) is 0 Å². The second-order valence-electron chi connectivity index (χ2n) is 8.07. The molecular formula is C21H27N5O2S. The fraction of sp³-hybridized carbons (Fsp3) is 0.524. The van der Waals surface area contributed by atoms with E-state index in [4.69, 9.17) is 0 Å². The van der Waals surface area contributed by atoms with Gasteiger partial charge in [-0.3, -0.25) is 9.59 Å². The predicted molar refractivity (Wildman–Crippen MR) is 114 cm³/mol. The Morgan fingerprint density at radius 1 is 1.24 bits per heavy atom. The average Bonchev–Trinajstić information content (AvgIpc) is 2.74. The molecule has 2 bridgehead atoms. The maximum atomic E-state index is 13.1. The number of carbonyl (C=O) groups is 1. The van der Waals surface area contributed by atoms with Gasteiger partial charge in [0.2, 0.25) is 0 Å². The summed E-state index contributed by atoms with van der Waals surface area (Å²) >= 11 is 1.82. The lowest BCUT2D eigenvalue weighted by atomic mass is 9.82. The highest BCUT2D eigenvalue weighted by atomic mass is 32.2. The summed E-state index contributed by atoms with van der Waals surface area (Å²) in [6.07, 6.45) is 6.19. The van der Waals surface area contributed by atoms with Gasteiger partial charge in [-0.25, -0.2) is 0 Å². The molecule has 0 spiro atoms. The number of rotatable bonds is 6. The standard InChI is InChI=1S/C21H27N5O2S/c1-24(7-8-29-2)13-17-3-4-19-18-9-15(12-26(19)21(17)28)11-25(14-18)20(27)16-5-6-22-23-10-16/h3-6,10,15,18H,7-9,11-14H2,1-2H3/t15-,18+/m0/s1. The molecule has 154 valence electrons. The van der Waals surface area contributed by atoms with E-state index in [9.17, 15) is 9.59 Å². The summed E-state index contributed by atoms with van der Waals surface area (Å²) in [5.74, 6) is 1.57. The van der Waals surface area contributed by atoms with Gasteiger partial charge in [-0.05, 0) is 37.8 Å². The number of carbonyl (C=O) groups excluding carboxylic acids is 1. The molecule has 2 atom stereocenters. The minimum Gasteiger partial charge on any atom is -0.338 e. The second-order valence-corrected chi connectivity index (χ2v) is 9.06. The third kappa shape index (κ3) is 4.23. The number of fused-ring (bicyclic) bond motifs is 4. The van der Waals surface area contributed by atoms with Crippen LogP contribution < -0.4 is 5.56 Å². The van der Waals surface area contributed by atoms with E-state index >= 15 is 0 Å². The van der Waals surface area contributed by atoms with Crippen LogP contribution in [0, 0.1) is 5.92 Å². The van der Waals surface area contributed by atoms with Crippen molar-refractivity contribution in [2.24, 2.45) is 5.92 Å². The zero-order valence-corrected chi connectivity index (χ0v) is 17.8. The molecule has 8 heteroatoms. The maximum absolute atomic E-state index is 13.1. The molecule has 0 saturated carbocycles. The van der Waals surface area contributed by atoms with Crippen LogP contribution in [0.4, 0.5) is 0 Å². The first-order valence-corrected chi connectivity index (χ1v) is 11.4. The van der Waals surface area contributed by atoms with E-state index in [2.05, 4.69) is 34.5 Å². The maximum Gasteiger partial charge on any atom is 0.255 e. The molecule has 2 aliphatic heterocycles. The van der Waals surface area contributed by atoms with Gasteiger partial charge in [0, 0.05) is 55.7 Å². The molecule has 2 aromatic heterocycles. The molecule has 4 rings (SSSR count). The van der Waals surface area contributed by atoms with Crippen LogP contribution in [0.5, 0.6) is 0 Å². The molecule has 29 heavy (non-hydrogen) atoms. The summed E-state index contributed by atoms with van der Waals surface area (Å²) in [4.78, 5) is 30.1. The van der Waals surface area contributed by atoms with E-state index in [1.807, 2.05) is 27.3 Å². The number of pyridine rings is 1. The zero-order chi connectivity index (χ0) is 20.4.